The van der Waals surface area contributed by atoms with E-state index < -0.39 is 0 Å². The number of aromatic nitrogens is 4. The number of hydrogen-bond donors (Lipinski definition) is 0. The van der Waals surface area contributed by atoms with Crippen LogP contribution in [0.1, 0.15) is 39.5 Å². The van der Waals surface area contributed by atoms with Crippen molar-refractivity contribution in [3.63, 3.8) is 0 Å². The summed E-state index contributed by atoms with van der Waals surface area (Å²) in [6.45, 7) is 9.21. The van der Waals surface area contributed by atoms with Crippen LogP contribution in [-0.4, -0.2) is 19.5 Å². The van der Waals surface area contributed by atoms with Gasteiger partial charge in [-0.2, -0.15) is 0 Å². The Morgan fingerprint density at radius 1 is 1.00 bits per heavy atom. The molecule has 0 amide bonds. The molecule has 3 aromatic heterocycles. The molecule has 0 fully saturated rings. The largest absolute Gasteiger partial charge is 0.438 e. The van der Waals surface area contributed by atoms with E-state index in [9.17, 15) is 4.39 Å². The Hall–Kier alpha value is -3.02. The summed E-state index contributed by atoms with van der Waals surface area (Å²) in [7, 11) is 0. The second kappa shape index (κ2) is 7.19. The van der Waals surface area contributed by atoms with Crippen molar-refractivity contribution < 1.29 is 8.81 Å². The maximum absolute atomic E-state index is 13.4. The van der Waals surface area contributed by atoms with Gasteiger partial charge in [0.25, 0.3) is 0 Å². The second-order valence-corrected chi connectivity index (χ2v) is 7.72. The van der Waals surface area contributed by atoms with Gasteiger partial charge in [-0.05, 0) is 42.3 Å². The van der Waals surface area contributed by atoms with Crippen molar-refractivity contribution in [2.45, 2.75) is 40.2 Å². The average Bonchev–Trinajstić information content (AvgIpc) is 3.26. The molecule has 4 rings (SSSR count). The molecule has 0 bridgehead atoms. The highest BCUT2D eigenvalue weighted by Gasteiger charge is 2.20. The van der Waals surface area contributed by atoms with Crippen LogP contribution in [0.15, 0.2) is 47.1 Å². The Morgan fingerprint density at radius 2 is 1.75 bits per heavy atom. The van der Waals surface area contributed by atoms with E-state index in [4.69, 9.17) is 9.40 Å². The fraction of sp³-hybridized carbons (Fsp3) is 0.318. The molecule has 3 heterocycles. The molecule has 28 heavy (non-hydrogen) atoms. The van der Waals surface area contributed by atoms with Gasteiger partial charge in [0.1, 0.15) is 22.7 Å². The van der Waals surface area contributed by atoms with Crippen LogP contribution in [0.25, 0.3) is 33.9 Å². The van der Waals surface area contributed by atoms with Crippen LogP contribution < -0.4 is 0 Å². The van der Waals surface area contributed by atoms with E-state index in [0.29, 0.717) is 29.0 Å². The summed E-state index contributed by atoms with van der Waals surface area (Å²) < 4.78 is 21.5. The lowest BCUT2D eigenvalue weighted by atomic mass is 10.1. The number of oxazole rings is 1. The van der Waals surface area contributed by atoms with Crippen LogP contribution >= 0.6 is 0 Å². The van der Waals surface area contributed by atoms with Gasteiger partial charge in [0.15, 0.2) is 17.3 Å². The highest BCUT2D eigenvalue weighted by Crippen LogP contribution is 2.34. The fourth-order valence-electron chi connectivity index (χ4n) is 3.15. The van der Waals surface area contributed by atoms with Gasteiger partial charge in [0.05, 0.1) is 6.33 Å². The normalized spacial score (nSPS) is 11.8. The number of benzene rings is 1. The number of nitrogens with zero attached hydrogens (tertiary/aromatic N) is 4. The third kappa shape index (κ3) is 3.42. The van der Waals surface area contributed by atoms with Gasteiger partial charge in [0, 0.05) is 18.0 Å². The maximum Gasteiger partial charge on any atom is 0.198 e. The third-order valence-corrected chi connectivity index (χ3v) is 4.51. The van der Waals surface area contributed by atoms with Gasteiger partial charge in [-0.25, -0.2) is 19.3 Å². The lowest BCUT2D eigenvalue weighted by Crippen LogP contribution is -2.03. The topological polar surface area (TPSA) is 56.7 Å². The van der Waals surface area contributed by atoms with Gasteiger partial charge in [0.2, 0.25) is 0 Å². The molecule has 0 atom stereocenters. The van der Waals surface area contributed by atoms with Crippen molar-refractivity contribution in [2.24, 2.45) is 5.92 Å². The number of halogens is 1. The summed E-state index contributed by atoms with van der Waals surface area (Å²) in [6, 6.07) is 10.1. The molecule has 0 aliphatic rings. The quantitative estimate of drug-likeness (QED) is 0.449. The monoisotopic (exact) mass is 378 g/mol. The molecular weight excluding hydrogens is 355 g/mol. The van der Waals surface area contributed by atoms with E-state index >= 15 is 0 Å². The summed E-state index contributed by atoms with van der Waals surface area (Å²) in [5.41, 5.74) is 3.82. The van der Waals surface area contributed by atoms with E-state index in [-0.39, 0.29) is 11.7 Å². The van der Waals surface area contributed by atoms with Crippen molar-refractivity contribution in [1.29, 1.82) is 0 Å². The summed E-state index contributed by atoms with van der Waals surface area (Å²) in [5.74, 6) is 1.55. The Balaban J connectivity index is 1.87. The van der Waals surface area contributed by atoms with Gasteiger partial charge < -0.3 is 8.98 Å². The lowest BCUT2D eigenvalue weighted by Gasteiger charge is -2.07. The average molecular weight is 378 g/mol. The van der Waals surface area contributed by atoms with Gasteiger partial charge in [-0.3, -0.25) is 0 Å². The fourth-order valence-corrected chi connectivity index (χ4v) is 3.15. The van der Waals surface area contributed by atoms with E-state index in [1.54, 1.807) is 12.1 Å². The van der Waals surface area contributed by atoms with Gasteiger partial charge in [-0.15, -0.1) is 0 Å². The van der Waals surface area contributed by atoms with Crippen LogP contribution in [0.2, 0.25) is 0 Å². The molecule has 4 aromatic rings. The minimum atomic E-state index is -0.282. The number of rotatable bonds is 5. The Kier molecular flexibility index (Phi) is 4.71. The van der Waals surface area contributed by atoms with Gasteiger partial charge >= 0.3 is 0 Å². The molecule has 0 radical (unpaired) electrons. The zero-order chi connectivity index (χ0) is 19.8. The van der Waals surface area contributed by atoms with Crippen molar-refractivity contribution in [2.75, 3.05) is 0 Å². The minimum Gasteiger partial charge on any atom is -0.438 e. The molecule has 5 nitrogen and oxygen atoms in total. The zero-order valence-corrected chi connectivity index (χ0v) is 16.5. The summed E-state index contributed by atoms with van der Waals surface area (Å²) in [4.78, 5) is 13.9. The molecule has 0 unspecified atom stereocenters. The van der Waals surface area contributed by atoms with Crippen molar-refractivity contribution in [1.82, 2.24) is 19.5 Å². The Labute approximate surface area is 163 Å². The van der Waals surface area contributed by atoms with Crippen molar-refractivity contribution in [3.8, 4) is 22.7 Å². The first-order valence-electron chi connectivity index (χ1n) is 9.51. The molecule has 1 aromatic carbocycles. The minimum absolute atomic E-state index is 0.128. The molecule has 0 N–H and O–H groups in total. The summed E-state index contributed by atoms with van der Waals surface area (Å²) in [6.07, 6.45) is 1.82. The second-order valence-electron chi connectivity index (χ2n) is 7.72. The van der Waals surface area contributed by atoms with Crippen LogP contribution in [-0.2, 0) is 6.54 Å². The first-order chi connectivity index (χ1) is 13.4. The van der Waals surface area contributed by atoms with E-state index in [2.05, 4.69) is 28.4 Å². The molecule has 0 saturated carbocycles. The number of hydrogen-bond acceptors (Lipinski definition) is 4. The zero-order valence-electron chi connectivity index (χ0n) is 16.5. The molecule has 6 heteroatoms. The first kappa shape index (κ1) is 18.3. The van der Waals surface area contributed by atoms with Gasteiger partial charge in [-0.1, -0.05) is 27.7 Å². The SMILES string of the molecule is CC(C)Cn1cnc2ccc(-c3oc(C(C)C)nc3-c3ccc(F)cc3)nc21. The predicted octanol–water partition coefficient (Wildman–Crippen LogP) is 5.67. The third-order valence-electron chi connectivity index (χ3n) is 4.51. The molecular formula is C22H23FN4O. The Morgan fingerprint density at radius 3 is 2.43 bits per heavy atom. The predicted molar refractivity (Wildman–Crippen MR) is 107 cm³/mol. The molecule has 0 spiro atoms. The highest BCUT2D eigenvalue weighted by atomic mass is 19.1. The summed E-state index contributed by atoms with van der Waals surface area (Å²) >= 11 is 0. The maximum atomic E-state index is 13.4. The molecule has 0 aliphatic heterocycles. The number of imidazole rings is 1. The number of pyridine rings is 1. The smallest absolute Gasteiger partial charge is 0.198 e. The van der Waals surface area contributed by atoms with Crippen LogP contribution in [0.3, 0.4) is 0 Å². The van der Waals surface area contributed by atoms with Crippen molar-refractivity contribution >= 4 is 11.2 Å². The van der Waals surface area contributed by atoms with Crippen molar-refractivity contribution in [3.05, 3.63) is 54.4 Å². The van der Waals surface area contributed by atoms with Crippen LogP contribution in [0.5, 0.6) is 0 Å². The van der Waals surface area contributed by atoms with E-state index in [1.165, 1.54) is 12.1 Å². The lowest BCUT2D eigenvalue weighted by molar-refractivity contribution is 0.480. The first-order valence-corrected chi connectivity index (χ1v) is 9.51. The van der Waals surface area contributed by atoms with E-state index in [1.807, 2.05) is 32.3 Å². The molecule has 0 aliphatic carbocycles. The van der Waals surface area contributed by atoms with E-state index in [0.717, 1.165) is 23.3 Å². The Bertz CT molecular complexity index is 1110. The summed E-state index contributed by atoms with van der Waals surface area (Å²) in [5, 5.41) is 0. The number of fused-ring (bicyclic) bond motifs is 1. The molecule has 144 valence electrons. The van der Waals surface area contributed by atoms with Crippen LogP contribution in [0, 0.1) is 11.7 Å². The highest BCUT2D eigenvalue weighted by molar-refractivity contribution is 5.80. The van der Waals surface area contributed by atoms with Crippen LogP contribution in [0.4, 0.5) is 4.39 Å². The standard InChI is InChI=1S/C22H23FN4O/c1-13(2)11-27-12-24-18-10-9-17(25-21(18)27)20-19(26-22(28-20)14(3)4)15-5-7-16(23)8-6-15/h5-10,12-14H,11H2,1-4H3. The molecule has 0 saturated heterocycles.